The Morgan fingerprint density at radius 2 is 2.00 bits per heavy atom. The highest BCUT2D eigenvalue weighted by molar-refractivity contribution is 5.38. The summed E-state index contributed by atoms with van der Waals surface area (Å²) in [4.78, 5) is 15.4. The van der Waals surface area contributed by atoms with Crippen LogP contribution in [0.3, 0.4) is 0 Å². The van der Waals surface area contributed by atoms with Gasteiger partial charge in [0.05, 0.1) is 7.11 Å². The molecule has 0 unspecified atom stereocenters. The van der Waals surface area contributed by atoms with Crippen LogP contribution in [0.2, 0.25) is 0 Å². The SMILES string of the molecule is CCCNc1nc(OC)nc(N(CCC)CC2CC2)n1. The summed E-state index contributed by atoms with van der Waals surface area (Å²) in [5, 5.41) is 3.21. The molecule has 0 amide bonds. The minimum absolute atomic E-state index is 0.380. The zero-order valence-corrected chi connectivity index (χ0v) is 12.7. The minimum atomic E-state index is 0.380. The highest BCUT2D eigenvalue weighted by Gasteiger charge is 2.25. The summed E-state index contributed by atoms with van der Waals surface area (Å²) < 4.78 is 5.20. The van der Waals surface area contributed by atoms with Gasteiger partial charge in [-0.05, 0) is 31.6 Å². The predicted octanol–water partition coefficient (Wildman–Crippen LogP) is 2.33. The van der Waals surface area contributed by atoms with Crippen molar-refractivity contribution in [2.75, 3.05) is 37.0 Å². The maximum Gasteiger partial charge on any atom is 0.322 e. The molecule has 0 radical (unpaired) electrons. The summed E-state index contributed by atoms with van der Waals surface area (Å²) in [6.45, 7) is 7.14. The van der Waals surface area contributed by atoms with E-state index in [1.54, 1.807) is 7.11 Å². The van der Waals surface area contributed by atoms with Crippen LogP contribution >= 0.6 is 0 Å². The van der Waals surface area contributed by atoms with Crippen LogP contribution in [-0.4, -0.2) is 41.7 Å². The molecule has 20 heavy (non-hydrogen) atoms. The first-order chi connectivity index (χ1) is 9.76. The van der Waals surface area contributed by atoms with E-state index in [1.807, 2.05) is 0 Å². The molecule has 1 aliphatic carbocycles. The first kappa shape index (κ1) is 14.8. The molecule has 0 spiro atoms. The van der Waals surface area contributed by atoms with Crippen LogP contribution in [0, 0.1) is 5.92 Å². The highest BCUT2D eigenvalue weighted by atomic mass is 16.5. The molecule has 1 aromatic rings. The minimum Gasteiger partial charge on any atom is -0.467 e. The van der Waals surface area contributed by atoms with Crippen LogP contribution in [0.25, 0.3) is 0 Å². The van der Waals surface area contributed by atoms with Gasteiger partial charge in [0.25, 0.3) is 0 Å². The Hall–Kier alpha value is -1.59. The van der Waals surface area contributed by atoms with E-state index in [2.05, 4.69) is 39.0 Å². The average molecular weight is 279 g/mol. The van der Waals surface area contributed by atoms with Gasteiger partial charge in [-0.15, -0.1) is 0 Å². The molecule has 0 bridgehead atoms. The number of anilines is 2. The van der Waals surface area contributed by atoms with Gasteiger partial charge >= 0.3 is 6.01 Å². The van der Waals surface area contributed by atoms with E-state index in [0.29, 0.717) is 12.0 Å². The van der Waals surface area contributed by atoms with E-state index in [4.69, 9.17) is 4.74 Å². The van der Waals surface area contributed by atoms with Gasteiger partial charge in [0.1, 0.15) is 0 Å². The molecule has 6 nitrogen and oxygen atoms in total. The molecule has 1 aliphatic rings. The Balaban J connectivity index is 2.16. The Morgan fingerprint density at radius 3 is 2.60 bits per heavy atom. The molecule has 1 aromatic heterocycles. The number of nitrogens with one attached hydrogen (secondary N) is 1. The lowest BCUT2D eigenvalue weighted by Gasteiger charge is -2.22. The van der Waals surface area contributed by atoms with Crippen molar-refractivity contribution in [3.63, 3.8) is 0 Å². The second kappa shape index (κ2) is 7.26. The maximum absolute atomic E-state index is 5.20. The third kappa shape index (κ3) is 4.21. The van der Waals surface area contributed by atoms with Crippen molar-refractivity contribution in [2.45, 2.75) is 39.5 Å². The molecule has 0 atom stereocenters. The van der Waals surface area contributed by atoms with Gasteiger partial charge in [-0.25, -0.2) is 0 Å². The van der Waals surface area contributed by atoms with Gasteiger partial charge in [0.2, 0.25) is 11.9 Å². The van der Waals surface area contributed by atoms with Crippen molar-refractivity contribution in [1.29, 1.82) is 0 Å². The van der Waals surface area contributed by atoms with Crippen LogP contribution in [0.15, 0.2) is 0 Å². The third-order valence-corrected chi connectivity index (χ3v) is 3.27. The summed E-state index contributed by atoms with van der Waals surface area (Å²) in [5.41, 5.74) is 0. The van der Waals surface area contributed by atoms with Gasteiger partial charge in [0.15, 0.2) is 0 Å². The Bertz CT molecular complexity index is 422. The Morgan fingerprint density at radius 1 is 1.20 bits per heavy atom. The number of ether oxygens (including phenoxy) is 1. The topological polar surface area (TPSA) is 63.2 Å². The molecule has 1 saturated carbocycles. The molecule has 0 saturated heterocycles. The van der Waals surface area contributed by atoms with Crippen LogP contribution in [0.4, 0.5) is 11.9 Å². The summed E-state index contributed by atoms with van der Waals surface area (Å²) >= 11 is 0. The van der Waals surface area contributed by atoms with Crippen molar-refractivity contribution in [3.8, 4) is 6.01 Å². The molecule has 1 heterocycles. The largest absolute Gasteiger partial charge is 0.467 e. The fourth-order valence-corrected chi connectivity index (χ4v) is 2.05. The van der Waals surface area contributed by atoms with Crippen molar-refractivity contribution in [3.05, 3.63) is 0 Å². The van der Waals surface area contributed by atoms with E-state index < -0.39 is 0 Å². The summed E-state index contributed by atoms with van der Waals surface area (Å²) in [6, 6.07) is 0.380. The second-order valence-corrected chi connectivity index (χ2v) is 5.26. The molecule has 6 heteroatoms. The number of hydrogen-bond acceptors (Lipinski definition) is 6. The van der Waals surface area contributed by atoms with Crippen molar-refractivity contribution < 1.29 is 4.74 Å². The smallest absolute Gasteiger partial charge is 0.322 e. The molecule has 1 N–H and O–H groups in total. The fourth-order valence-electron chi connectivity index (χ4n) is 2.05. The first-order valence-corrected chi connectivity index (χ1v) is 7.55. The quantitative estimate of drug-likeness (QED) is 0.748. The summed E-state index contributed by atoms with van der Waals surface area (Å²) in [7, 11) is 1.59. The number of nitrogens with zero attached hydrogens (tertiary/aromatic N) is 4. The molecule has 112 valence electrons. The Kier molecular flexibility index (Phi) is 5.38. The first-order valence-electron chi connectivity index (χ1n) is 7.55. The number of hydrogen-bond donors (Lipinski definition) is 1. The fraction of sp³-hybridized carbons (Fsp3) is 0.786. The lowest BCUT2D eigenvalue weighted by atomic mass is 10.3. The van der Waals surface area contributed by atoms with Crippen LogP contribution in [0.1, 0.15) is 39.5 Å². The summed E-state index contributed by atoms with van der Waals surface area (Å²) in [6.07, 6.45) is 4.76. The van der Waals surface area contributed by atoms with Gasteiger partial charge < -0.3 is 15.0 Å². The number of rotatable bonds is 9. The standard InChI is InChI=1S/C14H25N5O/c1-4-8-15-12-16-13(18-14(17-12)20-3)19(9-5-2)10-11-6-7-11/h11H,4-10H2,1-3H3,(H,15,16,17,18). The van der Waals surface area contributed by atoms with Crippen molar-refractivity contribution >= 4 is 11.9 Å². The zero-order chi connectivity index (χ0) is 14.4. The molecule has 1 fully saturated rings. The van der Waals surface area contributed by atoms with E-state index >= 15 is 0 Å². The van der Waals surface area contributed by atoms with Crippen LogP contribution in [-0.2, 0) is 0 Å². The average Bonchev–Trinajstić information content (AvgIpc) is 3.28. The van der Waals surface area contributed by atoms with E-state index in [0.717, 1.165) is 44.3 Å². The normalized spacial score (nSPS) is 14.2. The predicted molar refractivity (Wildman–Crippen MR) is 80.4 cm³/mol. The molecule has 2 rings (SSSR count). The molecular weight excluding hydrogens is 254 g/mol. The third-order valence-electron chi connectivity index (χ3n) is 3.27. The van der Waals surface area contributed by atoms with Gasteiger partial charge in [-0.3, -0.25) is 0 Å². The second-order valence-electron chi connectivity index (χ2n) is 5.26. The van der Waals surface area contributed by atoms with Gasteiger partial charge in [-0.2, -0.15) is 15.0 Å². The maximum atomic E-state index is 5.20. The van der Waals surface area contributed by atoms with Gasteiger partial charge in [0, 0.05) is 19.6 Å². The lowest BCUT2D eigenvalue weighted by molar-refractivity contribution is 0.378. The molecule has 0 aromatic carbocycles. The van der Waals surface area contributed by atoms with Crippen molar-refractivity contribution in [1.82, 2.24) is 15.0 Å². The van der Waals surface area contributed by atoms with E-state index in [9.17, 15) is 0 Å². The zero-order valence-electron chi connectivity index (χ0n) is 12.7. The number of methoxy groups -OCH3 is 1. The van der Waals surface area contributed by atoms with E-state index in [1.165, 1.54) is 12.8 Å². The lowest BCUT2D eigenvalue weighted by Crippen LogP contribution is -2.29. The molecule has 0 aliphatic heterocycles. The summed E-state index contributed by atoms with van der Waals surface area (Å²) in [5.74, 6) is 2.13. The monoisotopic (exact) mass is 279 g/mol. The highest BCUT2D eigenvalue weighted by Crippen LogP contribution is 2.31. The van der Waals surface area contributed by atoms with Crippen molar-refractivity contribution in [2.24, 2.45) is 5.92 Å². The van der Waals surface area contributed by atoms with Crippen LogP contribution in [0.5, 0.6) is 6.01 Å². The molecular formula is C14H25N5O. The van der Waals surface area contributed by atoms with Gasteiger partial charge in [-0.1, -0.05) is 13.8 Å². The van der Waals surface area contributed by atoms with E-state index in [-0.39, 0.29) is 0 Å². The number of aromatic nitrogens is 3. The van der Waals surface area contributed by atoms with Crippen LogP contribution < -0.4 is 15.0 Å². The Labute approximate surface area is 121 Å².